The molecule has 1 aromatic carbocycles. The summed E-state index contributed by atoms with van der Waals surface area (Å²) < 4.78 is 33.2. The number of carbonyl (C=O) groups excluding carboxylic acids is 5. The highest BCUT2D eigenvalue weighted by atomic mass is 32.1. The highest BCUT2D eigenvalue weighted by Gasteiger charge is 2.54. The Morgan fingerprint density at radius 2 is 1.48 bits per heavy atom. The molecule has 16 heteroatoms. The minimum Gasteiger partial charge on any atom is -0.463 e. The number of hydrazine groups is 1. The predicted octanol–water partition coefficient (Wildman–Crippen LogP) is 0.951. The van der Waals surface area contributed by atoms with Crippen LogP contribution in [0.15, 0.2) is 33.5 Å². The molecule has 0 amide bonds. The van der Waals surface area contributed by atoms with E-state index >= 15 is 0 Å². The van der Waals surface area contributed by atoms with Crippen molar-refractivity contribution in [3.63, 3.8) is 0 Å². The molecule has 0 saturated carbocycles. The fraction of sp³-hybridized carbons (Fsp3) is 0.423. The van der Waals surface area contributed by atoms with Crippen molar-refractivity contribution in [3.05, 3.63) is 40.1 Å². The molecule has 1 aliphatic heterocycles. The zero-order chi connectivity index (χ0) is 31.3. The molecule has 0 bridgehead atoms. The van der Waals surface area contributed by atoms with Crippen LogP contribution >= 0.6 is 12.2 Å². The molecule has 1 aromatic heterocycles. The van der Waals surface area contributed by atoms with E-state index in [-0.39, 0.29) is 22.4 Å². The third kappa shape index (κ3) is 7.38. The normalized spacial score (nSPS) is 21.5. The molecule has 0 unspecified atom stereocenters. The number of para-hydroxylation sites is 1. The van der Waals surface area contributed by atoms with E-state index in [0.717, 1.165) is 39.6 Å². The number of ketones is 1. The van der Waals surface area contributed by atoms with E-state index in [9.17, 15) is 28.8 Å². The summed E-state index contributed by atoms with van der Waals surface area (Å²) in [5.41, 5.74) is 7.73. The first-order valence-electron chi connectivity index (χ1n) is 12.4. The van der Waals surface area contributed by atoms with Crippen LogP contribution in [-0.2, 0) is 42.9 Å². The van der Waals surface area contributed by atoms with Gasteiger partial charge in [0.25, 0.3) is 0 Å². The van der Waals surface area contributed by atoms with E-state index in [0.29, 0.717) is 0 Å². The van der Waals surface area contributed by atoms with Crippen LogP contribution in [0.1, 0.15) is 45.0 Å². The second-order valence-electron chi connectivity index (χ2n) is 9.10. The molecule has 1 saturated heterocycles. The Balaban J connectivity index is 2.19. The molecule has 2 aromatic rings. The Kier molecular flexibility index (Phi) is 10.2. The first kappa shape index (κ1) is 32.0. The number of hydrogen-bond donors (Lipinski definition) is 2. The lowest BCUT2D eigenvalue weighted by Crippen LogP contribution is -2.68. The fourth-order valence-corrected chi connectivity index (χ4v) is 4.46. The number of rotatable bonds is 9. The second kappa shape index (κ2) is 13.4. The van der Waals surface area contributed by atoms with Gasteiger partial charge in [-0.2, -0.15) is 0 Å². The van der Waals surface area contributed by atoms with Crippen molar-refractivity contribution in [3.8, 4) is 0 Å². The van der Waals surface area contributed by atoms with Gasteiger partial charge in [-0.1, -0.05) is 12.1 Å². The molecule has 0 aliphatic carbocycles. The lowest BCUT2D eigenvalue weighted by Gasteiger charge is -2.47. The Morgan fingerprint density at radius 1 is 0.905 bits per heavy atom. The van der Waals surface area contributed by atoms with Gasteiger partial charge >= 0.3 is 23.9 Å². The largest absolute Gasteiger partial charge is 0.463 e. The summed E-state index contributed by atoms with van der Waals surface area (Å²) in [5, 5.41) is 0.549. The average Bonchev–Trinajstić information content (AvgIpc) is 2.87. The molecule has 0 spiro atoms. The van der Waals surface area contributed by atoms with Gasteiger partial charge in [-0.25, -0.2) is 5.01 Å². The molecule has 2 heterocycles. The molecule has 42 heavy (non-hydrogen) atoms. The number of anilines is 1. The molecule has 5 atom stereocenters. The van der Waals surface area contributed by atoms with Crippen LogP contribution in [0.5, 0.6) is 0 Å². The van der Waals surface area contributed by atoms with Crippen molar-refractivity contribution in [2.75, 3.05) is 12.0 Å². The first-order valence-corrected chi connectivity index (χ1v) is 12.8. The van der Waals surface area contributed by atoms with Gasteiger partial charge in [0.2, 0.25) is 11.3 Å². The minimum absolute atomic E-state index is 0.111. The molecule has 0 radical (unpaired) electrons. The number of ether oxygens (including phenoxy) is 5. The number of benzene rings is 1. The third-order valence-electron chi connectivity index (χ3n) is 5.83. The smallest absolute Gasteiger partial charge is 0.303 e. The zero-order valence-corrected chi connectivity index (χ0v) is 24.1. The standard InChI is InChI=1S/C26H29N3O12S/c1-11(30)19-20(35)16-8-6-7-9-17(16)40-24(19)28-29(26(27)42)25-23(39-15(5)34)22(38-14(4)33)21(37-13(3)32)18(41-25)10-36-12(2)31/h6-9,18,21-23,25,28H,10H2,1-5H3,(H2,27,42)/t18-,21+,22+,23-,25-/m1/s1. The minimum atomic E-state index is -1.60. The van der Waals surface area contributed by atoms with Gasteiger partial charge in [0, 0.05) is 27.7 Å². The second-order valence-corrected chi connectivity index (χ2v) is 9.52. The van der Waals surface area contributed by atoms with Crippen LogP contribution in [0.3, 0.4) is 0 Å². The van der Waals surface area contributed by atoms with Gasteiger partial charge in [-0.15, -0.1) is 0 Å². The Labute approximate surface area is 244 Å². The number of hydrogen-bond acceptors (Lipinski definition) is 14. The van der Waals surface area contributed by atoms with Gasteiger partial charge in [0.15, 0.2) is 35.4 Å². The molecule has 3 N–H and O–H groups in total. The molecule has 1 fully saturated rings. The SMILES string of the molecule is CC(=O)OC[C@H]1O[C@@H](N(Nc2oc3ccccc3c(=O)c2C(C)=O)C(N)=S)[C@H](OC(C)=O)[C@@H](OC(C)=O)[C@H]1OC(C)=O. The topological polar surface area (TPSA) is 203 Å². The van der Waals surface area contributed by atoms with E-state index in [4.69, 9.17) is 46.1 Å². The quantitative estimate of drug-likeness (QED) is 0.134. The zero-order valence-electron chi connectivity index (χ0n) is 23.2. The van der Waals surface area contributed by atoms with Crippen LogP contribution in [0.4, 0.5) is 5.88 Å². The summed E-state index contributed by atoms with van der Waals surface area (Å²) in [6.45, 7) is 4.96. The van der Waals surface area contributed by atoms with Gasteiger partial charge in [-0.3, -0.25) is 34.2 Å². The van der Waals surface area contributed by atoms with Crippen molar-refractivity contribution in [1.82, 2.24) is 5.01 Å². The number of nitrogens with one attached hydrogen (secondary N) is 1. The summed E-state index contributed by atoms with van der Waals surface area (Å²) in [6, 6.07) is 6.16. The lowest BCUT2D eigenvalue weighted by atomic mass is 9.97. The van der Waals surface area contributed by atoms with Gasteiger partial charge < -0.3 is 33.8 Å². The summed E-state index contributed by atoms with van der Waals surface area (Å²) in [4.78, 5) is 73.7. The van der Waals surface area contributed by atoms with Crippen LogP contribution in [0.2, 0.25) is 0 Å². The number of nitrogens with two attached hydrogens (primary N) is 1. The van der Waals surface area contributed by atoms with Gasteiger partial charge in [0.1, 0.15) is 23.9 Å². The number of nitrogens with zero attached hydrogens (tertiary/aromatic N) is 1. The predicted molar refractivity (Wildman–Crippen MR) is 147 cm³/mol. The van der Waals surface area contributed by atoms with Crippen molar-refractivity contribution >= 4 is 63.8 Å². The Morgan fingerprint density at radius 3 is 2.02 bits per heavy atom. The van der Waals surface area contributed by atoms with Crippen molar-refractivity contribution in [2.45, 2.75) is 65.3 Å². The number of carbonyl (C=O) groups is 5. The number of fused-ring (bicyclic) bond motifs is 1. The van der Waals surface area contributed by atoms with Crippen molar-refractivity contribution in [1.29, 1.82) is 0 Å². The van der Waals surface area contributed by atoms with E-state index in [1.54, 1.807) is 12.1 Å². The highest BCUT2D eigenvalue weighted by Crippen LogP contribution is 2.32. The van der Waals surface area contributed by atoms with Crippen molar-refractivity contribution < 1.29 is 52.1 Å². The third-order valence-corrected chi connectivity index (χ3v) is 6.03. The molecular weight excluding hydrogens is 578 g/mol. The van der Waals surface area contributed by atoms with E-state index in [1.807, 2.05) is 0 Å². The molecule has 1 aliphatic rings. The van der Waals surface area contributed by atoms with E-state index in [2.05, 4.69) is 5.43 Å². The van der Waals surface area contributed by atoms with Crippen LogP contribution in [0.25, 0.3) is 11.0 Å². The summed E-state index contributed by atoms with van der Waals surface area (Å²) in [6.07, 6.45) is -7.49. The Hall–Kier alpha value is -4.57. The summed E-state index contributed by atoms with van der Waals surface area (Å²) in [5.74, 6) is -4.29. The Bertz CT molecular complexity index is 1470. The van der Waals surface area contributed by atoms with Crippen LogP contribution in [0, 0.1) is 0 Å². The maximum atomic E-state index is 13.2. The highest BCUT2D eigenvalue weighted by molar-refractivity contribution is 7.80. The molecular formula is C26H29N3O12S. The summed E-state index contributed by atoms with van der Waals surface area (Å²) in [7, 11) is 0. The first-order chi connectivity index (χ1) is 19.7. The van der Waals surface area contributed by atoms with Crippen LogP contribution < -0.4 is 16.6 Å². The van der Waals surface area contributed by atoms with Gasteiger partial charge in [0.05, 0.1) is 5.39 Å². The maximum absolute atomic E-state index is 13.2. The monoisotopic (exact) mass is 607 g/mol. The van der Waals surface area contributed by atoms with Gasteiger partial charge in [-0.05, 0) is 31.3 Å². The average molecular weight is 608 g/mol. The van der Waals surface area contributed by atoms with E-state index < -0.39 is 77.5 Å². The van der Waals surface area contributed by atoms with Crippen LogP contribution in [-0.4, -0.2) is 77.0 Å². The summed E-state index contributed by atoms with van der Waals surface area (Å²) >= 11 is 5.21. The number of Topliss-reactive ketones (excluding diaryl/α,β-unsaturated/α-hetero) is 1. The van der Waals surface area contributed by atoms with Crippen molar-refractivity contribution in [2.24, 2.45) is 5.73 Å². The van der Waals surface area contributed by atoms with E-state index in [1.165, 1.54) is 12.1 Å². The fourth-order valence-electron chi connectivity index (χ4n) is 4.31. The number of thiocarbonyl (C=S) groups is 1. The molecule has 15 nitrogen and oxygen atoms in total. The maximum Gasteiger partial charge on any atom is 0.303 e. The lowest BCUT2D eigenvalue weighted by molar-refractivity contribution is -0.269. The number of esters is 4. The molecule has 3 rings (SSSR count). The molecule has 226 valence electrons.